The predicted molar refractivity (Wildman–Crippen MR) is 122 cm³/mol. The number of carbonyl (C=O) groups is 2. The fourth-order valence-corrected chi connectivity index (χ4v) is 4.60. The van der Waals surface area contributed by atoms with E-state index in [1.165, 1.54) is 21.3 Å². The summed E-state index contributed by atoms with van der Waals surface area (Å²) < 4.78 is 32.0. The first-order valence-electron chi connectivity index (χ1n) is 10.3. The number of para-hydroxylation sites is 1. The van der Waals surface area contributed by atoms with Crippen LogP contribution in [0.4, 0.5) is 11.4 Å². The van der Waals surface area contributed by atoms with Crippen molar-refractivity contribution in [3.8, 4) is 0 Å². The second-order valence-electron chi connectivity index (χ2n) is 7.56. The molecule has 2 amide bonds. The molecule has 0 saturated carbocycles. The van der Waals surface area contributed by atoms with Crippen LogP contribution < -0.4 is 10.6 Å². The molecule has 2 aromatic rings. The lowest BCUT2D eigenvalue weighted by Crippen LogP contribution is -2.40. The molecule has 1 heterocycles. The standard InChI is InChI=1S/C22H28N4O5S/c1-25(2)22(28)15-17-5-3-4-6-20(17)23-16-21(27)24-18-7-9-19(10-8-18)32(29,30)26-11-13-31-14-12-26/h3-10,23H,11-16H2,1-2H3,(H,24,27). The molecule has 9 nitrogen and oxygen atoms in total. The van der Waals surface area contributed by atoms with Crippen molar-refractivity contribution < 1.29 is 22.7 Å². The first-order chi connectivity index (χ1) is 15.3. The number of nitrogens with one attached hydrogen (secondary N) is 2. The van der Waals surface area contributed by atoms with Crippen LogP contribution in [0.2, 0.25) is 0 Å². The summed E-state index contributed by atoms with van der Waals surface area (Å²) >= 11 is 0. The van der Waals surface area contributed by atoms with Gasteiger partial charge in [0.25, 0.3) is 0 Å². The van der Waals surface area contributed by atoms with Crippen LogP contribution in [-0.4, -0.2) is 76.4 Å². The lowest BCUT2D eigenvalue weighted by atomic mass is 10.1. The van der Waals surface area contributed by atoms with E-state index in [4.69, 9.17) is 4.74 Å². The smallest absolute Gasteiger partial charge is 0.243 e. The Balaban J connectivity index is 1.57. The van der Waals surface area contributed by atoms with Crippen molar-refractivity contribution >= 4 is 33.2 Å². The number of anilines is 2. The van der Waals surface area contributed by atoms with Gasteiger partial charge in [-0.05, 0) is 35.9 Å². The minimum Gasteiger partial charge on any atom is -0.379 e. The van der Waals surface area contributed by atoms with E-state index < -0.39 is 10.0 Å². The molecule has 172 valence electrons. The highest BCUT2D eigenvalue weighted by Gasteiger charge is 2.26. The third-order valence-electron chi connectivity index (χ3n) is 5.04. The Morgan fingerprint density at radius 1 is 1.03 bits per heavy atom. The molecule has 0 atom stereocenters. The predicted octanol–water partition coefficient (Wildman–Crippen LogP) is 1.39. The maximum absolute atomic E-state index is 12.7. The SMILES string of the molecule is CN(C)C(=O)Cc1ccccc1NCC(=O)Nc1ccc(S(=O)(=O)N2CCOCC2)cc1. The number of nitrogens with zero attached hydrogens (tertiary/aromatic N) is 2. The lowest BCUT2D eigenvalue weighted by molar-refractivity contribution is -0.127. The summed E-state index contributed by atoms with van der Waals surface area (Å²) in [6.07, 6.45) is 0.233. The van der Waals surface area contributed by atoms with E-state index in [0.717, 1.165) is 5.56 Å². The van der Waals surface area contributed by atoms with Gasteiger partial charge in [-0.3, -0.25) is 9.59 Å². The van der Waals surface area contributed by atoms with Crippen LogP contribution in [-0.2, 0) is 30.8 Å². The summed E-state index contributed by atoms with van der Waals surface area (Å²) in [5, 5.41) is 5.80. The van der Waals surface area contributed by atoms with Crippen molar-refractivity contribution in [3.63, 3.8) is 0 Å². The third-order valence-corrected chi connectivity index (χ3v) is 6.96. The summed E-state index contributed by atoms with van der Waals surface area (Å²) in [5.74, 6) is -0.321. The van der Waals surface area contributed by atoms with Gasteiger partial charge in [0.15, 0.2) is 0 Å². The average Bonchev–Trinajstić information content (AvgIpc) is 2.79. The normalized spacial score (nSPS) is 14.6. The van der Waals surface area contributed by atoms with E-state index in [2.05, 4.69) is 10.6 Å². The van der Waals surface area contributed by atoms with Crippen molar-refractivity contribution in [1.29, 1.82) is 0 Å². The number of morpholine rings is 1. The van der Waals surface area contributed by atoms with Crippen molar-refractivity contribution in [1.82, 2.24) is 9.21 Å². The van der Waals surface area contributed by atoms with Crippen molar-refractivity contribution in [2.75, 3.05) is 57.6 Å². The highest BCUT2D eigenvalue weighted by atomic mass is 32.2. The zero-order valence-corrected chi connectivity index (χ0v) is 19.0. The number of carbonyl (C=O) groups excluding carboxylic acids is 2. The highest BCUT2D eigenvalue weighted by Crippen LogP contribution is 2.20. The Morgan fingerprint density at radius 2 is 1.69 bits per heavy atom. The molecule has 0 unspecified atom stereocenters. The van der Waals surface area contributed by atoms with E-state index in [0.29, 0.717) is 37.7 Å². The maximum atomic E-state index is 12.7. The van der Waals surface area contributed by atoms with Crippen LogP contribution in [0.15, 0.2) is 53.4 Å². The molecule has 1 aliphatic heterocycles. The molecule has 2 aromatic carbocycles. The summed E-state index contributed by atoms with van der Waals surface area (Å²) in [4.78, 5) is 26.1. The monoisotopic (exact) mass is 460 g/mol. The first kappa shape index (κ1) is 23.7. The number of hydrogen-bond donors (Lipinski definition) is 2. The number of ether oxygens (including phenoxy) is 1. The van der Waals surface area contributed by atoms with Gasteiger partial charge >= 0.3 is 0 Å². The fraction of sp³-hybridized carbons (Fsp3) is 0.364. The van der Waals surface area contributed by atoms with E-state index in [-0.39, 0.29) is 29.7 Å². The number of sulfonamides is 1. The van der Waals surface area contributed by atoms with Crippen LogP contribution in [0.3, 0.4) is 0 Å². The Morgan fingerprint density at radius 3 is 2.34 bits per heavy atom. The van der Waals surface area contributed by atoms with Gasteiger partial charge in [0.05, 0.1) is 31.1 Å². The van der Waals surface area contributed by atoms with E-state index in [9.17, 15) is 18.0 Å². The van der Waals surface area contributed by atoms with Gasteiger partial charge in [0, 0.05) is 38.6 Å². The molecule has 0 radical (unpaired) electrons. The summed E-state index contributed by atoms with van der Waals surface area (Å²) in [6, 6.07) is 13.4. The molecule has 0 spiro atoms. The Kier molecular flexibility index (Phi) is 7.84. The second-order valence-corrected chi connectivity index (χ2v) is 9.50. The molecular formula is C22H28N4O5S. The molecule has 0 aromatic heterocycles. The van der Waals surface area contributed by atoms with Crippen molar-refractivity contribution in [2.24, 2.45) is 0 Å². The van der Waals surface area contributed by atoms with Gasteiger partial charge in [-0.1, -0.05) is 18.2 Å². The van der Waals surface area contributed by atoms with Gasteiger partial charge in [0.2, 0.25) is 21.8 Å². The number of rotatable bonds is 8. The molecule has 3 rings (SSSR count). The number of amides is 2. The third kappa shape index (κ3) is 6.06. The highest BCUT2D eigenvalue weighted by molar-refractivity contribution is 7.89. The molecular weight excluding hydrogens is 432 g/mol. The Labute approximate surface area is 188 Å². The lowest BCUT2D eigenvalue weighted by Gasteiger charge is -2.26. The zero-order chi connectivity index (χ0) is 23.1. The summed E-state index contributed by atoms with van der Waals surface area (Å²) in [5.41, 5.74) is 2.01. The van der Waals surface area contributed by atoms with Gasteiger partial charge < -0.3 is 20.3 Å². The van der Waals surface area contributed by atoms with Crippen LogP contribution >= 0.6 is 0 Å². The van der Waals surface area contributed by atoms with Crippen LogP contribution in [0.1, 0.15) is 5.56 Å². The molecule has 0 bridgehead atoms. The first-order valence-corrected chi connectivity index (χ1v) is 11.7. The van der Waals surface area contributed by atoms with E-state index in [1.54, 1.807) is 26.2 Å². The molecule has 0 aliphatic carbocycles. The molecule has 10 heteroatoms. The quantitative estimate of drug-likeness (QED) is 0.616. The van der Waals surface area contributed by atoms with Crippen LogP contribution in [0, 0.1) is 0 Å². The van der Waals surface area contributed by atoms with Gasteiger partial charge in [-0.15, -0.1) is 0 Å². The maximum Gasteiger partial charge on any atom is 0.243 e. The fourth-order valence-electron chi connectivity index (χ4n) is 3.19. The summed E-state index contributed by atoms with van der Waals surface area (Å²) in [7, 11) is -0.182. The molecule has 32 heavy (non-hydrogen) atoms. The van der Waals surface area contributed by atoms with Gasteiger partial charge in [-0.2, -0.15) is 4.31 Å². The number of likely N-dealkylation sites (N-methyl/N-ethyl adjacent to an activating group) is 1. The van der Waals surface area contributed by atoms with Crippen LogP contribution in [0.25, 0.3) is 0 Å². The number of hydrogen-bond acceptors (Lipinski definition) is 6. The minimum absolute atomic E-state index is 0.000988. The number of benzene rings is 2. The minimum atomic E-state index is -3.58. The van der Waals surface area contributed by atoms with Crippen molar-refractivity contribution in [2.45, 2.75) is 11.3 Å². The second kappa shape index (κ2) is 10.6. The Bertz CT molecular complexity index is 1050. The molecule has 1 saturated heterocycles. The van der Waals surface area contributed by atoms with Crippen LogP contribution in [0.5, 0.6) is 0 Å². The van der Waals surface area contributed by atoms with Crippen molar-refractivity contribution in [3.05, 3.63) is 54.1 Å². The largest absolute Gasteiger partial charge is 0.379 e. The molecule has 1 aliphatic rings. The summed E-state index contributed by atoms with van der Waals surface area (Å²) in [6.45, 7) is 1.42. The van der Waals surface area contributed by atoms with E-state index in [1.807, 2.05) is 24.3 Å². The average molecular weight is 461 g/mol. The molecule has 1 fully saturated rings. The topological polar surface area (TPSA) is 108 Å². The van der Waals surface area contributed by atoms with E-state index >= 15 is 0 Å². The zero-order valence-electron chi connectivity index (χ0n) is 18.2. The molecule has 2 N–H and O–H groups in total. The van der Waals surface area contributed by atoms with Gasteiger partial charge in [-0.25, -0.2) is 8.42 Å². The van der Waals surface area contributed by atoms with Gasteiger partial charge in [0.1, 0.15) is 0 Å². The Hall–Kier alpha value is -2.95.